The Morgan fingerprint density at radius 2 is 1.94 bits per heavy atom. The monoisotopic (exact) mass is 232 g/mol. The predicted molar refractivity (Wildman–Crippen MR) is 64.5 cm³/mol. The van der Waals surface area contributed by atoms with Gasteiger partial charge in [-0.2, -0.15) is 0 Å². The van der Waals surface area contributed by atoms with E-state index >= 15 is 0 Å². The van der Waals surface area contributed by atoms with E-state index in [1.54, 1.807) is 18.5 Å². The fraction of sp³-hybridized carbons (Fsp3) is 0.273. The van der Waals surface area contributed by atoms with Gasteiger partial charge in [0.2, 0.25) is 0 Å². The standard InChI is InChI=1S/C11H12N4S/c1-7(2)8-6-9(16)15-11(14-8)10-12-4-3-5-13-10/h3-7H,1-2H3,(H,14,15,16). The van der Waals surface area contributed by atoms with Gasteiger partial charge in [0.1, 0.15) is 4.64 Å². The van der Waals surface area contributed by atoms with Gasteiger partial charge in [-0.05, 0) is 18.1 Å². The van der Waals surface area contributed by atoms with Crippen LogP contribution in [-0.4, -0.2) is 19.9 Å². The quantitative estimate of drug-likeness (QED) is 0.809. The summed E-state index contributed by atoms with van der Waals surface area (Å²) in [5, 5.41) is 0. The van der Waals surface area contributed by atoms with Crippen LogP contribution in [0.4, 0.5) is 0 Å². The molecular formula is C11H12N4S. The normalized spacial score (nSPS) is 10.7. The number of hydrogen-bond acceptors (Lipinski definition) is 4. The lowest BCUT2D eigenvalue weighted by Crippen LogP contribution is -2.00. The Morgan fingerprint density at radius 1 is 1.25 bits per heavy atom. The third-order valence-electron chi connectivity index (χ3n) is 2.16. The van der Waals surface area contributed by atoms with Crippen molar-refractivity contribution in [3.05, 3.63) is 34.9 Å². The molecule has 0 aromatic carbocycles. The third kappa shape index (κ3) is 2.30. The molecule has 1 N–H and O–H groups in total. The molecule has 0 spiro atoms. The van der Waals surface area contributed by atoms with Crippen LogP contribution in [0.3, 0.4) is 0 Å². The van der Waals surface area contributed by atoms with Crippen LogP contribution in [0, 0.1) is 4.64 Å². The number of rotatable bonds is 2. The molecule has 0 aliphatic rings. The Balaban J connectivity index is 2.54. The van der Waals surface area contributed by atoms with E-state index in [4.69, 9.17) is 12.2 Å². The number of nitrogens with zero attached hydrogens (tertiary/aromatic N) is 3. The molecule has 0 atom stereocenters. The molecular weight excluding hydrogens is 220 g/mol. The first-order valence-corrected chi connectivity index (χ1v) is 5.46. The lowest BCUT2D eigenvalue weighted by atomic mass is 10.1. The van der Waals surface area contributed by atoms with Gasteiger partial charge >= 0.3 is 0 Å². The highest BCUT2D eigenvalue weighted by atomic mass is 32.1. The second-order valence-corrected chi connectivity index (χ2v) is 4.17. The molecule has 0 fully saturated rings. The zero-order valence-electron chi connectivity index (χ0n) is 9.14. The van der Waals surface area contributed by atoms with Crippen LogP contribution in [0.15, 0.2) is 24.5 Å². The van der Waals surface area contributed by atoms with Gasteiger partial charge in [0.25, 0.3) is 0 Å². The zero-order valence-corrected chi connectivity index (χ0v) is 9.95. The highest BCUT2D eigenvalue weighted by Gasteiger charge is 2.06. The van der Waals surface area contributed by atoms with Gasteiger partial charge in [-0.3, -0.25) is 0 Å². The van der Waals surface area contributed by atoms with Crippen LogP contribution in [0.5, 0.6) is 0 Å². The van der Waals surface area contributed by atoms with Crippen molar-refractivity contribution in [3.63, 3.8) is 0 Å². The first-order valence-electron chi connectivity index (χ1n) is 5.05. The zero-order chi connectivity index (χ0) is 11.5. The summed E-state index contributed by atoms with van der Waals surface area (Å²) < 4.78 is 0.560. The molecule has 0 saturated heterocycles. The van der Waals surface area contributed by atoms with E-state index in [2.05, 4.69) is 33.8 Å². The van der Waals surface area contributed by atoms with Gasteiger partial charge in [0, 0.05) is 18.1 Å². The predicted octanol–water partition coefficient (Wildman–Crippen LogP) is 2.72. The molecule has 0 aliphatic heterocycles. The highest BCUT2D eigenvalue weighted by Crippen LogP contribution is 2.15. The molecule has 0 aliphatic carbocycles. The molecule has 5 heteroatoms. The number of aromatic nitrogens is 4. The number of hydrogen-bond donors (Lipinski definition) is 1. The second kappa shape index (κ2) is 4.49. The molecule has 2 rings (SSSR count). The van der Waals surface area contributed by atoms with E-state index in [0.717, 1.165) is 5.69 Å². The summed E-state index contributed by atoms with van der Waals surface area (Å²) in [5.41, 5.74) is 1.04. The van der Waals surface area contributed by atoms with E-state index in [-0.39, 0.29) is 0 Å². The van der Waals surface area contributed by atoms with Crippen molar-refractivity contribution in [1.29, 1.82) is 0 Å². The Kier molecular flexibility index (Phi) is 3.05. The average Bonchev–Trinajstić information content (AvgIpc) is 2.29. The Hall–Kier alpha value is -1.62. The molecule has 0 unspecified atom stereocenters. The first kappa shape index (κ1) is 10.9. The van der Waals surface area contributed by atoms with Crippen molar-refractivity contribution in [2.24, 2.45) is 0 Å². The maximum Gasteiger partial charge on any atom is 0.195 e. The Morgan fingerprint density at radius 3 is 2.56 bits per heavy atom. The second-order valence-electron chi connectivity index (χ2n) is 3.75. The summed E-state index contributed by atoms with van der Waals surface area (Å²) in [4.78, 5) is 15.7. The Bertz CT molecular complexity index is 533. The number of aromatic amines is 1. The minimum Gasteiger partial charge on any atom is -0.340 e. The maximum atomic E-state index is 5.12. The van der Waals surface area contributed by atoms with E-state index in [0.29, 0.717) is 22.2 Å². The largest absolute Gasteiger partial charge is 0.340 e. The van der Waals surface area contributed by atoms with Crippen LogP contribution in [-0.2, 0) is 0 Å². The smallest absolute Gasteiger partial charge is 0.195 e. The van der Waals surface area contributed by atoms with Gasteiger partial charge in [-0.1, -0.05) is 26.1 Å². The topological polar surface area (TPSA) is 54.5 Å². The van der Waals surface area contributed by atoms with Crippen molar-refractivity contribution in [1.82, 2.24) is 19.9 Å². The highest BCUT2D eigenvalue weighted by molar-refractivity contribution is 7.71. The average molecular weight is 232 g/mol. The van der Waals surface area contributed by atoms with E-state index < -0.39 is 0 Å². The fourth-order valence-corrected chi connectivity index (χ4v) is 1.53. The summed E-state index contributed by atoms with van der Waals surface area (Å²) in [6.07, 6.45) is 3.37. The van der Waals surface area contributed by atoms with Crippen LogP contribution in [0.2, 0.25) is 0 Å². The lowest BCUT2D eigenvalue weighted by Gasteiger charge is -2.07. The van der Waals surface area contributed by atoms with Crippen molar-refractivity contribution in [3.8, 4) is 11.6 Å². The van der Waals surface area contributed by atoms with E-state index in [9.17, 15) is 0 Å². The Labute approximate surface area is 98.8 Å². The molecule has 0 bridgehead atoms. The lowest BCUT2D eigenvalue weighted by molar-refractivity contribution is 0.812. The van der Waals surface area contributed by atoms with Crippen molar-refractivity contribution >= 4 is 12.2 Å². The molecule has 2 aromatic rings. The van der Waals surface area contributed by atoms with Gasteiger partial charge in [0.15, 0.2) is 11.6 Å². The summed E-state index contributed by atoms with van der Waals surface area (Å²) in [5.74, 6) is 1.56. The summed E-state index contributed by atoms with van der Waals surface area (Å²) in [6.45, 7) is 4.19. The molecule has 82 valence electrons. The molecule has 0 saturated carbocycles. The van der Waals surface area contributed by atoms with Crippen LogP contribution < -0.4 is 0 Å². The minimum absolute atomic E-state index is 0.368. The maximum absolute atomic E-state index is 5.12. The number of H-pyrrole nitrogens is 1. The van der Waals surface area contributed by atoms with Gasteiger partial charge in [0.05, 0.1) is 0 Å². The summed E-state index contributed by atoms with van der Waals surface area (Å²) in [7, 11) is 0. The molecule has 2 heterocycles. The SMILES string of the molecule is CC(C)c1cc(=S)nc(-c2ncccn2)[nH]1. The molecule has 2 aromatic heterocycles. The van der Waals surface area contributed by atoms with Gasteiger partial charge in [-0.25, -0.2) is 15.0 Å². The van der Waals surface area contributed by atoms with Crippen molar-refractivity contribution in [2.75, 3.05) is 0 Å². The van der Waals surface area contributed by atoms with E-state index in [1.165, 1.54) is 0 Å². The molecule has 0 radical (unpaired) electrons. The fourth-order valence-electron chi connectivity index (χ4n) is 1.31. The summed E-state index contributed by atoms with van der Waals surface area (Å²) in [6, 6.07) is 3.64. The van der Waals surface area contributed by atoms with Crippen LogP contribution in [0.1, 0.15) is 25.5 Å². The van der Waals surface area contributed by atoms with Crippen molar-refractivity contribution < 1.29 is 0 Å². The molecule has 4 nitrogen and oxygen atoms in total. The first-order chi connectivity index (χ1) is 7.66. The van der Waals surface area contributed by atoms with Gasteiger partial charge in [-0.15, -0.1) is 0 Å². The number of nitrogens with one attached hydrogen (secondary N) is 1. The minimum atomic E-state index is 0.368. The summed E-state index contributed by atoms with van der Waals surface area (Å²) >= 11 is 5.12. The molecule has 16 heavy (non-hydrogen) atoms. The third-order valence-corrected chi connectivity index (χ3v) is 2.37. The van der Waals surface area contributed by atoms with E-state index in [1.807, 2.05) is 6.07 Å². The van der Waals surface area contributed by atoms with Crippen LogP contribution >= 0.6 is 12.2 Å². The van der Waals surface area contributed by atoms with Crippen LogP contribution in [0.25, 0.3) is 11.6 Å². The van der Waals surface area contributed by atoms with Crippen molar-refractivity contribution in [2.45, 2.75) is 19.8 Å². The molecule has 0 amide bonds. The van der Waals surface area contributed by atoms with Gasteiger partial charge < -0.3 is 4.98 Å².